The fourth-order valence-corrected chi connectivity index (χ4v) is 1.31. The lowest BCUT2D eigenvalue weighted by molar-refractivity contribution is 0.898. The lowest BCUT2D eigenvalue weighted by Crippen LogP contribution is -1.95. The fraction of sp³-hybridized carbons (Fsp3) is 0.182. The van der Waals surface area contributed by atoms with Crippen LogP contribution in [0.1, 0.15) is 12.7 Å². The van der Waals surface area contributed by atoms with E-state index < -0.39 is 0 Å². The van der Waals surface area contributed by atoms with Gasteiger partial charge < -0.3 is 0 Å². The van der Waals surface area contributed by atoms with Crippen LogP contribution in [0.5, 0.6) is 0 Å². The second kappa shape index (κ2) is 7.14. The molecule has 0 fully saturated rings. The maximum absolute atomic E-state index is 5.48. The second-order valence-electron chi connectivity index (χ2n) is 2.80. The Hall–Kier alpha value is -1.19. The number of benzene rings is 1. The molecule has 0 N–H and O–H groups in total. The Labute approximate surface area is 104 Å². The minimum absolute atomic E-state index is 0.150. The molecule has 0 unspecified atom stereocenters. The summed E-state index contributed by atoms with van der Waals surface area (Å²) < 4.78 is 0. The molecule has 1 aromatic heterocycles. The molecule has 0 aliphatic heterocycles. The van der Waals surface area contributed by atoms with Crippen LogP contribution in [0.4, 0.5) is 0 Å². The van der Waals surface area contributed by atoms with E-state index in [1.54, 1.807) is 0 Å². The van der Waals surface area contributed by atoms with E-state index in [4.69, 9.17) is 23.2 Å². The monoisotopic (exact) mass is 255 g/mol. The zero-order valence-electron chi connectivity index (χ0n) is 8.77. The number of hydrogen-bond donors (Lipinski definition) is 0. The third-order valence-electron chi connectivity index (χ3n) is 1.61. The fourth-order valence-electron chi connectivity index (χ4n) is 0.907. The van der Waals surface area contributed by atoms with Gasteiger partial charge in [-0.25, -0.2) is 9.97 Å². The zero-order chi connectivity index (χ0) is 11.8. The van der Waals surface area contributed by atoms with Crippen molar-refractivity contribution in [3.05, 3.63) is 52.8 Å². The van der Waals surface area contributed by atoms with Gasteiger partial charge in [0.1, 0.15) is 5.82 Å². The number of aromatic nitrogens is 3. The summed E-state index contributed by atoms with van der Waals surface area (Å²) in [6.45, 7) is 1.92. The first-order valence-electron chi connectivity index (χ1n) is 4.78. The lowest BCUT2D eigenvalue weighted by Gasteiger charge is -1.94. The van der Waals surface area contributed by atoms with Crippen molar-refractivity contribution in [1.29, 1.82) is 0 Å². The van der Waals surface area contributed by atoms with Crippen LogP contribution in [-0.2, 0) is 6.42 Å². The van der Waals surface area contributed by atoms with Gasteiger partial charge >= 0.3 is 0 Å². The van der Waals surface area contributed by atoms with Crippen molar-refractivity contribution >= 4 is 23.2 Å². The summed E-state index contributed by atoms with van der Waals surface area (Å²) in [4.78, 5) is 11.2. The summed E-state index contributed by atoms with van der Waals surface area (Å²) in [6, 6.07) is 12.0. The highest BCUT2D eigenvalue weighted by Gasteiger charge is 1.98. The molecule has 2 aromatic rings. The zero-order valence-corrected chi connectivity index (χ0v) is 10.3. The van der Waals surface area contributed by atoms with Crippen LogP contribution in [0.2, 0.25) is 10.6 Å². The van der Waals surface area contributed by atoms with Crippen molar-refractivity contribution in [3.8, 4) is 0 Å². The molecule has 0 amide bonds. The maximum atomic E-state index is 5.48. The molecule has 3 nitrogen and oxygen atoms in total. The van der Waals surface area contributed by atoms with Crippen LogP contribution in [0.3, 0.4) is 0 Å². The van der Waals surface area contributed by atoms with Crippen LogP contribution >= 0.6 is 23.2 Å². The Morgan fingerprint density at radius 1 is 0.812 bits per heavy atom. The highest BCUT2D eigenvalue weighted by molar-refractivity contribution is 6.30. The number of hydrogen-bond acceptors (Lipinski definition) is 3. The molecule has 2 rings (SSSR count). The van der Waals surface area contributed by atoms with E-state index in [1.807, 2.05) is 43.3 Å². The predicted molar refractivity (Wildman–Crippen MR) is 65.7 cm³/mol. The van der Waals surface area contributed by atoms with E-state index in [-0.39, 0.29) is 10.6 Å². The van der Waals surface area contributed by atoms with Gasteiger partial charge in [0.2, 0.25) is 10.6 Å². The first kappa shape index (κ1) is 12.9. The van der Waals surface area contributed by atoms with Gasteiger partial charge in [0.25, 0.3) is 0 Å². The van der Waals surface area contributed by atoms with Crippen molar-refractivity contribution < 1.29 is 0 Å². The molecule has 0 spiro atoms. The van der Waals surface area contributed by atoms with Crippen LogP contribution in [0.15, 0.2) is 36.4 Å². The molecule has 1 aromatic carbocycles. The minimum Gasteiger partial charge on any atom is -0.203 e. The average molecular weight is 256 g/mol. The first-order chi connectivity index (χ1) is 7.72. The topological polar surface area (TPSA) is 38.7 Å². The van der Waals surface area contributed by atoms with E-state index >= 15 is 0 Å². The Morgan fingerprint density at radius 3 is 1.50 bits per heavy atom. The number of rotatable bonds is 1. The van der Waals surface area contributed by atoms with Gasteiger partial charge in [-0.3, -0.25) is 0 Å². The Bertz CT molecular complexity index is 374. The predicted octanol–water partition coefficient (Wildman–Crippen LogP) is 3.43. The molecule has 0 bridgehead atoms. The van der Waals surface area contributed by atoms with Gasteiger partial charge in [-0.05, 0) is 23.2 Å². The van der Waals surface area contributed by atoms with Crippen molar-refractivity contribution in [2.75, 3.05) is 0 Å². The van der Waals surface area contributed by atoms with Gasteiger partial charge in [-0.1, -0.05) is 43.3 Å². The average Bonchev–Trinajstić information content (AvgIpc) is 2.31. The molecule has 0 atom stereocenters. The number of halogens is 2. The summed E-state index contributed by atoms with van der Waals surface area (Å²) in [5.41, 5.74) is 0. The van der Waals surface area contributed by atoms with Gasteiger partial charge in [-0.2, -0.15) is 4.98 Å². The van der Waals surface area contributed by atoms with E-state index in [2.05, 4.69) is 15.0 Å². The molecule has 84 valence electrons. The largest absolute Gasteiger partial charge is 0.226 e. The van der Waals surface area contributed by atoms with E-state index in [9.17, 15) is 0 Å². The molecule has 16 heavy (non-hydrogen) atoms. The highest BCUT2D eigenvalue weighted by Crippen LogP contribution is 2.05. The molecule has 0 saturated carbocycles. The normalized spacial score (nSPS) is 9.19. The Balaban J connectivity index is 0.000000181. The van der Waals surface area contributed by atoms with Crippen LogP contribution in [0.25, 0.3) is 0 Å². The molecule has 0 radical (unpaired) electrons. The molecule has 0 aliphatic rings. The number of nitrogens with zero attached hydrogens (tertiary/aromatic N) is 3. The SMILES string of the molecule is CCc1nc(Cl)nc(Cl)n1.c1ccccc1. The van der Waals surface area contributed by atoms with E-state index in [0.717, 1.165) is 0 Å². The lowest BCUT2D eigenvalue weighted by atomic mass is 10.4. The summed E-state index contributed by atoms with van der Waals surface area (Å²) in [5.74, 6) is 0.616. The summed E-state index contributed by atoms with van der Waals surface area (Å²) in [6.07, 6.45) is 0.710. The van der Waals surface area contributed by atoms with Crippen molar-refractivity contribution in [1.82, 2.24) is 15.0 Å². The van der Waals surface area contributed by atoms with Crippen LogP contribution in [0, 0.1) is 0 Å². The third kappa shape index (κ3) is 5.05. The van der Waals surface area contributed by atoms with Crippen molar-refractivity contribution in [2.24, 2.45) is 0 Å². The van der Waals surface area contributed by atoms with E-state index in [1.165, 1.54) is 0 Å². The summed E-state index contributed by atoms with van der Waals surface area (Å²) in [5, 5.41) is 0.300. The summed E-state index contributed by atoms with van der Waals surface area (Å²) in [7, 11) is 0. The van der Waals surface area contributed by atoms with Gasteiger partial charge in [0.05, 0.1) is 0 Å². The maximum Gasteiger partial charge on any atom is 0.226 e. The summed E-state index contributed by atoms with van der Waals surface area (Å²) >= 11 is 11.0. The molecular formula is C11H11Cl2N3. The molecule has 0 saturated heterocycles. The van der Waals surface area contributed by atoms with Crippen molar-refractivity contribution in [3.63, 3.8) is 0 Å². The molecule has 1 heterocycles. The molecule has 5 heteroatoms. The third-order valence-corrected chi connectivity index (χ3v) is 1.95. The van der Waals surface area contributed by atoms with Crippen LogP contribution in [-0.4, -0.2) is 15.0 Å². The quantitative estimate of drug-likeness (QED) is 0.784. The highest BCUT2D eigenvalue weighted by atomic mass is 35.5. The van der Waals surface area contributed by atoms with Gasteiger partial charge in [0, 0.05) is 6.42 Å². The second-order valence-corrected chi connectivity index (χ2v) is 3.47. The molecule has 0 aliphatic carbocycles. The standard InChI is InChI=1S/C6H6.C5H5Cl2N3/c1-2-4-6-5-3-1;1-2-3-8-4(6)10-5(7)9-3/h1-6H;2H2,1H3. The van der Waals surface area contributed by atoms with Crippen LogP contribution < -0.4 is 0 Å². The van der Waals surface area contributed by atoms with Gasteiger partial charge in [-0.15, -0.1) is 0 Å². The Morgan fingerprint density at radius 2 is 1.19 bits per heavy atom. The Kier molecular flexibility index (Phi) is 5.75. The molecular weight excluding hydrogens is 245 g/mol. The van der Waals surface area contributed by atoms with Gasteiger partial charge in [0.15, 0.2) is 0 Å². The number of aryl methyl sites for hydroxylation is 1. The minimum atomic E-state index is 0.150. The first-order valence-corrected chi connectivity index (χ1v) is 5.54. The van der Waals surface area contributed by atoms with E-state index in [0.29, 0.717) is 12.2 Å². The van der Waals surface area contributed by atoms with Crippen molar-refractivity contribution in [2.45, 2.75) is 13.3 Å². The smallest absolute Gasteiger partial charge is 0.203 e.